The number of amides is 1. The van der Waals surface area contributed by atoms with Crippen LogP contribution in [0.1, 0.15) is 26.3 Å². The Labute approximate surface area is 177 Å². The maximum atomic E-state index is 12.6. The minimum atomic E-state index is -0.758. The van der Waals surface area contributed by atoms with Crippen LogP contribution in [0.2, 0.25) is 5.02 Å². The van der Waals surface area contributed by atoms with Crippen LogP contribution in [0.25, 0.3) is 0 Å². The van der Waals surface area contributed by atoms with Gasteiger partial charge in [0.15, 0.2) is 0 Å². The number of nitro benzene ring substituents is 1. The number of carbonyl (C=O) groups excluding carboxylic acids is 2. The molecule has 0 unspecified atom stereocenters. The Hall–Kier alpha value is -3.71. The molecule has 0 aliphatic carbocycles. The van der Waals surface area contributed by atoms with Gasteiger partial charge in [-0.25, -0.2) is 4.79 Å². The summed E-state index contributed by atoms with van der Waals surface area (Å²) in [5, 5.41) is 10.9. The summed E-state index contributed by atoms with van der Waals surface area (Å²) in [6, 6.07) is 17.3. The highest BCUT2D eigenvalue weighted by Crippen LogP contribution is 2.26. The highest BCUT2D eigenvalue weighted by molar-refractivity contribution is 6.32. The SMILES string of the molecule is Cc1ccc(C(=O)N(C)c2ccc(OC(=O)c3ccc(Cl)c([N+](=O)[O-])c3)cc2)cc1. The zero-order valence-electron chi connectivity index (χ0n) is 16.2. The van der Waals surface area contributed by atoms with Crippen molar-refractivity contribution >= 4 is 34.9 Å². The molecule has 3 aromatic rings. The van der Waals surface area contributed by atoms with Crippen LogP contribution in [0.15, 0.2) is 66.7 Å². The van der Waals surface area contributed by atoms with Gasteiger partial charge in [-0.15, -0.1) is 0 Å². The molecule has 0 saturated heterocycles. The topological polar surface area (TPSA) is 89.8 Å². The number of carbonyl (C=O) groups is 2. The van der Waals surface area contributed by atoms with Crippen LogP contribution < -0.4 is 9.64 Å². The molecule has 3 rings (SSSR count). The molecule has 0 atom stereocenters. The Balaban J connectivity index is 1.72. The first-order valence-corrected chi connectivity index (χ1v) is 9.25. The lowest BCUT2D eigenvalue weighted by atomic mass is 10.1. The van der Waals surface area contributed by atoms with Crippen molar-refractivity contribution in [3.8, 4) is 5.75 Å². The first kappa shape index (κ1) is 21.0. The zero-order chi connectivity index (χ0) is 21.8. The molecule has 0 heterocycles. The summed E-state index contributed by atoms with van der Waals surface area (Å²) in [5.41, 5.74) is 1.86. The molecule has 0 aliphatic heterocycles. The second-order valence-electron chi connectivity index (χ2n) is 6.54. The van der Waals surface area contributed by atoms with Gasteiger partial charge in [0.25, 0.3) is 11.6 Å². The van der Waals surface area contributed by atoms with Crippen LogP contribution in [0.5, 0.6) is 5.75 Å². The highest BCUT2D eigenvalue weighted by atomic mass is 35.5. The number of anilines is 1. The molecule has 8 heteroatoms. The van der Waals surface area contributed by atoms with Crippen molar-refractivity contribution in [2.24, 2.45) is 0 Å². The fourth-order valence-electron chi connectivity index (χ4n) is 2.69. The fraction of sp³-hybridized carbons (Fsp3) is 0.0909. The molecule has 1 amide bonds. The van der Waals surface area contributed by atoms with Gasteiger partial charge in [-0.1, -0.05) is 29.3 Å². The van der Waals surface area contributed by atoms with Crippen molar-refractivity contribution < 1.29 is 19.2 Å². The molecule has 0 aromatic heterocycles. The molecule has 0 fully saturated rings. The van der Waals surface area contributed by atoms with Crippen LogP contribution in [0, 0.1) is 17.0 Å². The highest BCUT2D eigenvalue weighted by Gasteiger charge is 2.18. The lowest BCUT2D eigenvalue weighted by molar-refractivity contribution is -0.384. The minimum absolute atomic E-state index is 0.00171. The molecule has 0 radical (unpaired) electrons. The normalized spacial score (nSPS) is 10.4. The molecule has 0 aliphatic rings. The van der Waals surface area contributed by atoms with Gasteiger partial charge in [-0.3, -0.25) is 14.9 Å². The number of nitrogens with zero attached hydrogens (tertiary/aromatic N) is 2. The molecule has 0 N–H and O–H groups in total. The monoisotopic (exact) mass is 424 g/mol. The molecule has 30 heavy (non-hydrogen) atoms. The van der Waals surface area contributed by atoms with Crippen molar-refractivity contribution in [2.75, 3.05) is 11.9 Å². The lowest BCUT2D eigenvalue weighted by Crippen LogP contribution is -2.26. The summed E-state index contributed by atoms with van der Waals surface area (Å²) < 4.78 is 5.26. The van der Waals surface area contributed by atoms with E-state index in [1.54, 1.807) is 31.3 Å². The Morgan fingerprint density at radius 3 is 2.17 bits per heavy atom. The predicted octanol–water partition coefficient (Wildman–Crippen LogP) is 5.05. The van der Waals surface area contributed by atoms with Gasteiger partial charge >= 0.3 is 5.97 Å². The van der Waals surface area contributed by atoms with E-state index < -0.39 is 10.9 Å². The van der Waals surface area contributed by atoms with Crippen LogP contribution >= 0.6 is 11.6 Å². The van der Waals surface area contributed by atoms with Gasteiger partial charge in [0.05, 0.1) is 10.5 Å². The summed E-state index contributed by atoms with van der Waals surface area (Å²) in [6.45, 7) is 1.94. The molecule has 0 spiro atoms. The van der Waals surface area contributed by atoms with Gasteiger partial charge in [0, 0.05) is 24.4 Å². The Kier molecular flexibility index (Phi) is 6.13. The number of nitro groups is 1. The third-order valence-electron chi connectivity index (χ3n) is 4.42. The van der Waals surface area contributed by atoms with E-state index in [4.69, 9.17) is 16.3 Å². The van der Waals surface area contributed by atoms with Crippen molar-refractivity contribution in [3.05, 3.63) is 98.6 Å². The standard InChI is InChI=1S/C22H17ClN2O5/c1-14-3-5-15(6-4-14)21(26)24(2)17-8-10-18(11-9-17)30-22(27)16-7-12-19(23)20(13-16)25(28)29/h3-13H,1-2H3. The second-order valence-corrected chi connectivity index (χ2v) is 6.94. The zero-order valence-corrected chi connectivity index (χ0v) is 16.9. The fourth-order valence-corrected chi connectivity index (χ4v) is 2.88. The van der Waals surface area contributed by atoms with Crippen LogP contribution in [0.3, 0.4) is 0 Å². The Bertz CT molecular complexity index is 1110. The summed E-state index contributed by atoms with van der Waals surface area (Å²) in [4.78, 5) is 36.7. The van der Waals surface area contributed by atoms with Gasteiger partial charge in [-0.05, 0) is 55.5 Å². The third-order valence-corrected chi connectivity index (χ3v) is 4.74. The number of hydrogen-bond acceptors (Lipinski definition) is 5. The minimum Gasteiger partial charge on any atom is -0.423 e. The average Bonchev–Trinajstić information content (AvgIpc) is 2.74. The number of aryl methyl sites for hydroxylation is 1. The Morgan fingerprint density at radius 1 is 0.967 bits per heavy atom. The average molecular weight is 425 g/mol. The smallest absolute Gasteiger partial charge is 0.343 e. The van der Waals surface area contributed by atoms with Crippen LogP contribution in [0.4, 0.5) is 11.4 Å². The second kappa shape index (κ2) is 8.75. The van der Waals surface area contributed by atoms with E-state index in [9.17, 15) is 19.7 Å². The largest absolute Gasteiger partial charge is 0.423 e. The van der Waals surface area contributed by atoms with Gasteiger partial charge in [0.1, 0.15) is 10.8 Å². The van der Waals surface area contributed by atoms with E-state index in [2.05, 4.69) is 0 Å². The maximum absolute atomic E-state index is 12.6. The summed E-state index contributed by atoms with van der Waals surface area (Å²) >= 11 is 5.75. The number of hydrogen-bond donors (Lipinski definition) is 0. The third kappa shape index (κ3) is 4.64. The molecular formula is C22H17ClN2O5. The maximum Gasteiger partial charge on any atom is 0.343 e. The Morgan fingerprint density at radius 2 is 1.57 bits per heavy atom. The number of rotatable bonds is 5. The molecule has 0 bridgehead atoms. The lowest BCUT2D eigenvalue weighted by Gasteiger charge is -2.18. The van der Waals surface area contributed by atoms with Crippen molar-refractivity contribution in [2.45, 2.75) is 6.92 Å². The summed E-state index contributed by atoms with van der Waals surface area (Å²) in [7, 11) is 1.65. The number of ether oxygens (including phenoxy) is 1. The quantitative estimate of drug-likeness (QED) is 0.247. The molecule has 3 aromatic carbocycles. The van der Waals surface area contributed by atoms with Gasteiger partial charge in [-0.2, -0.15) is 0 Å². The molecule has 152 valence electrons. The number of esters is 1. The van der Waals surface area contributed by atoms with Crippen LogP contribution in [-0.4, -0.2) is 23.8 Å². The van der Waals surface area contributed by atoms with E-state index in [0.29, 0.717) is 11.3 Å². The van der Waals surface area contributed by atoms with Crippen molar-refractivity contribution in [3.63, 3.8) is 0 Å². The van der Waals surface area contributed by atoms with E-state index in [-0.39, 0.29) is 27.9 Å². The van der Waals surface area contributed by atoms with Gasteiger partial charge < -0.3 is 9.64 Å². The van der Waals surface area contributed by atoms with E-state index >= 15 is 0 Å². The summed E-state index contributed by atoms with van der Waals surface area (Å²) in [5.74, 6) is -0.697. The van der Waals surface area contributed by atoms with E-state index in [0.717, 1.165) is 11.6 Å². The molecule has 0 saturated carbocycles. The number of halogens is 1. The molecular weight excluding hydrogens is 408 g/mol. The van der Waals surface area contributed by atoms with Gasteiger partial charge in [0.2, 0.25) is 0 Å². The first-order valence-electron chi connectivity index (χ1n) is 8.87. The van der Waals surface area contributed by atoms with Crippen LogP contribution in [-0.2, 0) is 0 Å². The van der Waals surface area contributed by atoms with E-state index in [1.165, 1.54) is 29.2 Å². The molecule has 7 nitrogen and oxygen atoms in total. The number of benzene rings is 3. The van der Waals surface area contributed by atoms with Crippen molar-refractivity contribution in [1.82, 2.24) is 0 Å². The first-order chi connectivity index (χ1) is 14.3. The predicted molar refractivity (Wildman–Crippen MR) is 113 cm³/mol. The van der Waals surface area contributed by atoms with Crippen molar-refractivity contribution in [1.29, 1.82) is 0 Å². The van der Waals surface area contributed by atoms with E-state index in [1.807, 2.05) is 19.1 Å². The summed E-state index contributed by atoms with van der Waals surface area (Å²) in [6.07, 6.45) is 0.